The Balaban J connectivity index is 1.71. The highest BCUT2D eigenvalue weighted by Crippen LogP contribution is 2.39. The van der Waals surface area contributed by atoms with Crippen LogP contribution in [-0.4, -0.2) is 54.4 Å². The number of aliphatic hydroxyl groups excluding tert-OH is 1. The van der Waals surface area contributed by atoms with Crippen molar-refractivity contribution in [3.63, 3.8) is 0 Å². The number of anilines is 1. The van der Waals surface area contributed by atoms with E-state index in [9.17, 15) is 15.0 Å². The summed E-state index contributed by atoms with van der Waals surface area (Å²) in [6.45, 7) is 3.13. The van der Waals surface area contributed by atoms with E-state index in [4.69, 9.17) is 16.3 Å². The lowest BCUT2D eigenvalue weighted by molar-refractivity contribution is -0.893. The van der Waals surface area contributed by atoms with Crippen molar-refractivity contribution in [2.75, 3.05) is 39.1 Å². The number of hydrogen-bond donors (Lipinski definition) is 3. The van der Waals surface area contributed by atoms with Crippen LogP contribution in [0.2, 0.25) is 5.02 Å². The molecule has 0 aromatic heterocycles. The first-order valence-electron chi connectivity index (χ1n) is 9.19. The molecule has 2 aromatic carbocycles. The third-order valence-electron chi connectivity index (χ3n) is 4.98. The number of phenols is 1. The molecule has 2 aromatic rings. The van der Waals surface area contributed by atoms with Crippen LogP contribution in [0.5, 0.6) is 11.5 Å². The number of nitrogens with zero attached hydrogens (tertiary/aromatic N) is 1. The van der Waals surface area contributed by atoms with Crippen LogP contribution in [-0.2, 0) is 11.2 Å². The number of hydrogen-bond acceptors (Lipinski definition) is 4. The number of likely N-dealkylation sites (N-methyl/N-ethyl adjacent to an activating group) is 1. The van der Waals surface area contributed by atoms with Gasteiger partial charge < -0.3 is 24.7 Å². The maximum Gasteiger partial charge on any atom is 0.262 e. The van der Waals surface area contributed by atoms with Gasteiger partial charge in [0.15, 0.2) is 6.61 Å². The number of nitrogens with one attached hydrogen (secondary N) is 1. The average molecular weight is 406 g/mol. The first kappa shape index (κ1) is 20.5. The van der Waals surface area contributed by atoms with Crippen molar-refractivity contribution in [1.29, 1.82) is 0 Å². The van der Waals surface area contributed by atoms with Gasteiger partial charge in [0.25, 0.3) is 5.91 Å². The Hall–Kier alpha value is -2.28. The number of carbonyl (C=O) groups excluding carboxylic acids is 1. The first-order chi connectivity index (χ1) is 13.1. The summed E-state index contributed by atoms with van der Waals surface area (Å²) in [7, 11) is 4.09. The molecule has 0 spiro atoms. The van der Waals surface area contributed by atoms with Gasteiger partial charge >= 0.3 is 0 Å². The van der Waals surface area contributed by atoms with Crippen molar-refractivity contribution in [2.24, 2.45) is 0 Å². The van der Waals surface area contributed by atoms with E-state index < -0.39 is 6.10 Å². The van der Waals surface area contributed by atoms with Crippen LogP contribution in [0, 0.1) is 6.92 Å². The van der Waals surface area contributed by atoms with Crippen LogP contribution in [0.25, 0.3) is 0 Å². The standard InChI is InChI=1S/C21H25ClN2O4/c1-13-8-14(4-5-17(13)22)6-7-24(2,3)11-19(26)16-9-15(25)10-18-21(16)28-12-20(27)23-18/h4-5,8-10,19,26H,6-7,11-12H2,1-3H3,(H-,23,25,27)/p+1. The molecule has 0 aliphatic carbocycles. The normalized spacial score (nSPS) is 14.8. The summed E-state index contributed by atoms with van der Waals surface area (Å²) in [6, 6.07) is 8.93. The molecule has 1 heterocycles. The van der Waals surface area contributed by atoms with E-state index in [1.165, 1.54) is 17.7 Å². The van der Waals surface area contributed by atoms with Gasteiger partial charge in [0.05, 0.1) is 26.3 Å². The monoisotopic (exact) mass is 405 g/mol. The summed E-state index contributed by atoms with van der Waals surface area (Å²) < 4.78 is 6.08. The minimum Gasteiger partial charge on any atom is -0.508 e. The first-order valence-corrected chi connectivity index (χ1v) is 9.57. The molecule has 28 heavy (non-hydrogen) atoms. The zero-order valence-electron chi connectivity index (χ0n) is 16.3. The minimum absolute atomic E-state index is 0.0273. The Kier molecular flexibility index (Phi) is 5.84. The highest BCUT2D eigenvalue weighted by molar-refractivity contribution is 6.31. The maximum atomic E-state index is 11.5. The van der Waals surface area contributed by atoms with E-state index in [0.29, 0.717) is 28.0 Å². The quantitative estimate of drug-likeness (QED) is 0.645. The molecule has 0 fully saturated rings. The predicted octanol–water partition coefficient (Wildman–Crippen LogP) is 3.04. The molecule has 0 radical (unpaired) electrons. The SMILES string of the molecule is Cc1cc(CC[N+](C)(C)CC(O)c2cc(O)cc3c2OCC(=O)N3)ccc1Cl. The molecule has 1 atom stereocenters. The fraction of sp³-hybridized carbons (Fsp3) is 0.381. The van der Waals surface area contributed by atoms with Crippen LogP contribution in [0.4, 0.5) is 5.69 Å². The number of benzene rings is 2. The van der Waals surface area contributed by atoms with Gasteiger partial charge in [-0.1, -0.05) is 23.7 Å². The van der Waals surface area contributed by atoms with E-state index in [-0.39, 0.29) is 18.3 Å². The number of phenolic OH excluding ortho intramolecular Hbond substituents is 1. The maximum absolute atomic E-state index is 11.5. The van der Waals surface area contributed by atoms with Gasteiger partial charge in [-0.2, -0.15) is 0 Å². The second-order valence-corrected chi connectivity index (χ2v) is 8.35. The number of aryl methyl sites for hydroxylation is 1. The third-order valence-corrected chi connectivity index (χ3v) is 5.40. The second kappa shape index (κ2) is 7.99. The predicted molar refractivity (Wildman–Crippen MR) is 109 cm³/mol. The Morgan fingerprint density at radius 2 is 2.04 bits per heavy atom. The van der Waals surface area contributed by atoms with Gasteiger partial charge in [0.2, 0.25) is 0 Å². The number of carbonyl (C=O) groups is 1. The highest BCUT2D eigenvalue weighted by Gasteiger charge is 2.28. The van der Waals surface area contributed by atoms with Crippen molar-refractivity contribution in [2.45, 2.75) is 19.4 Å². The topological polar surface area (TPSA) is 78.8 Å². The van der Waals surface area contributed by atoms with Crippen LogP contribution in [0.1, 0.15) is 22.8 Å². The largest absolute Gasteiger partial charge is 0.508 e. The number of rotatable bonds is 6. The molecule has 1 aliphatic rings. The summed E-state index contributed by atoms with van der Waals surface area (Å²) >= 11 is 6.09. The molecule has 6 nitrogen and oxygen atoms in total. The van der Waals surface area contributed by atoms with Crippen molar-refractivity contribution >= 4 is 23.2 Å². The summed E-state index contributed by atoms with van der Waals surface area (Å²) in [5, 5.41) is 24.2. The fourth-order valence-corrected chi connectivity index (χ4v) is 3.53. The van der Waals surface area contributed by atoms with E-state index in [1.807, 2.05) is 33.2 Å². The number of ether oxygens (including phenoxy) is 1. The molecule has 3 N–H and O–H groups in total. The van der Waals surface area contributed by atoms with E-state index >= 15 is 0 Å². The molecule has 0 saturated carbocycles. The molecule has 0 saturated heterocycles. The van der Waals surface area contributed by atoms with Gasteiger partial charge in [0, 0.05) is 23.1 Å². The number of quaternary nitrogens is 1. The van der Waals surface area contributed by atoms with Crippen LogP contribution in [0.3, 0.4) is 0 Å². The van der Waals surface area contributed by atoms with Crippen molar-refractivity contribution in [3.05, 3.63) is 52.0 Å². The van der Waals surface area contributed by atoms with Crippen LogP contribution >= 0.6 is 11.6 Å². The number of aliphatic hydroxyl groups is 1. The molecular weight excluding hydrogens is 380 g/mol. The number of amides is 1. The lowest BCUT2D eigenvalue weighted by Crippen LogP contribution is -2.44. The second-order valence-electron chi connectivity index (χ2n) is 7.94. The van der Waals surface area contributed by atoms with Crippen molar-refractivity contribution in [3.8, 4) is 11.5 Å². The number of aromatic hydroxyl groups is 1. The Bertz CT molecular complexity index is 898. The van der Waals surface area contributed by atoms with E-state index in [1.54, 1.807) is 0 Å². The van der Waals surface area contributed by atoms with Gasteiger partial charge in [-0.15, -0.1) is 0 Å². The van der Waals surface area contributed by atoms with Crippen molar-refractivity contribution in [1.82, 2.24) is 0 Å². The molecule has 0 bridgehead atoms. The van der Waals surface area contributed by atoms with Crippen LogP contribution < -0.4 is 10.1 Å². The summed E-state index contributed by atoms with van der Waals surface area (Å²) in [4.78, 5) is 11.5. The lowest BCUT2D eigenvalue weighted by atomic mass is 10.0. The average Bonchev–Trinajstić information content (AvgIpc) is 2.61. The van der Waals surface area contributed by atoms with Gasteiger partial charge in [-0.05, 0) is 30.2 Å². The molecule has 1 amide bonds. The third kappa shape index (κ3) is 4.76. The fourth-order valence-electron chi connectivity index (χ4n) is 3.41. The molecule has 1 unspecified atom stereocenters. The summed E-state index contributed by atoms with van der Waals surface area (Å²) in [5.74, 6) is 0.103. The smallest absolute Gasteiger partial charge is 0.262 e. The molecule has 1 aliphatic heterocycles. The zero-order valence-corrected chi connectivity index (χ0v) is 17.1. The summed E-state index contributed by atoms with van der Waals surface area (Å²) in [5.41, 5.74) is 3.11. The van der Waals surface area contributed by atoms with Gasteiger partial charge in [-0.3, -0.25) is 4.79 Å². The molecule has 7 heteroatoms. The Morgan fingerprint density at radius 3 is 2.75 bits per heavy atom. The molecular formula is C21H26ClN2O4+. The van der Waals surface area contributed by atoms with Gasteiger partial charge in [0.1, 0.15) is 24.1 Å². The van der Waals surface area contributed by atoms with Gasteiger partial charge in [-0.25, -0.2) is 0 Å². The number of halogens is 1. The summed E-state index contributed by atoms with van der Waals surface area (Å²) in [6.07, 6.45) is 0.000382. The molecule has 3 rings (SSSR count). The van der Waals surface area contributed by atoms with E-state index in [0.717, 1.165) is 23.6 Å². The Morgan fingerprint density at radius 1 is 1.29 bits per heavy atom. The Labute approximate surface area is 169 Å². The van der Waals surface area contributed by atoms with Crippen molar-refractivity contribution < 1.29 is 24.2 Å². The number of fused-ring (bicyclic) bond motifs is 1. The zero-order chi connectivity index (χ0) is 20.5. The van der Waals surface area contributed by atoms with Crippen LogP contribution in [0.15, 0.2) is 30.3 Å². The highest BCUT2D eigenvalue weighted by atomic mass is 35.5. The minimum atomic E-state index is -0.849. The van der Waals surface area contributed by atoms with E-state index in [2.05, 4.69) is 11.4 Å². The molecule has 150 valence electrons. The lowest BCUT2D eigenvalue weighted by Gasteiger charge is -2.33.